The van der Waals surface area contributed by atoms with E-state index in [1.807, 2.05) is 44.2 Å². The maximum Gasteiger partial charge on any atom is 0.259 e. The molecule has 4 heteroatoms. The Bertz CT molecular complexity index is 1050. The Morgan fingerprint density at radius 1 is 0.926 bits per heavy atom. The summed E-state index contributed by atoms with van der Waals surface area (Å²) >= 11 is 0. The van der Waals surface area contributed by atoms with Gasteiger partial charge in [-0.1, -0.05) is 42.0 Å². The van der Waals surface area contributed by atoms with Crippen molar-refractivity contribution in [2.45, 2.75) is 19.9 Å². The van der Waals surface area contributed by atoms with Gasteiger partial charge in [-0.2, -0.15) is 0 Å². The minimum atomic E-state index is -0.801. The molecule has 3 aromatic rings. The van der Waals surface area contributed by atoms with E-state index in [-0.39, 0.29) is 23.0 Å². The van der Waals surface area contributed by atoms with Crippen LogP contribution in [-0.4, -0.2) is 16.8 Å². The van der Waals surface area contributed by atoms with Crippen molar-refractivity contribution in [3.05, 3.63) is 94.5 Å². The van der Waals surface area contributed by atoms with Crippen molar-refractivity contribution >= 4 is 17.4 Å². The van der Waals surface area contributed by atoms with E-state index < -0.39 is 6.04 Å². The van der Waals surface area contributed by atoms with Gasteiger partial charge < -0.3 is 5.11 Å². The van der Waals surface area contributed by atoms with Crippen LogP contribution in [0.5, 0.6) is 5.75 Å². The van der Waals surface area contributed by atoms with Gasteiger partial charge in [0.15, 0.2) is 5.78 Å². The van der Waals surface area contributed by atoms with Crippen LogP contribution in [0.25, 0.3) is 0 Å². The molecule has 4 nitrogen and oxygen atoms in total. The quantitative estimate of drug-likeness (QED) is 0.697. The van der Waals surface area contributed by atoms with Crippen molar-refractivity contribution < 1.29 is 14.7 Å². The fraction of sp³-hybridized carbons (Fsp3) is 0.130. The van der Waals surface area contributed by atoms with E-state index in [0.29, 0.717) is 16.8 Å². The third kappa shape index (κ3) is 2.79. The van der Waals surface area contributed by atoms with E-state index in [4.69, 9.17) is 0 Å². The van der Waals surface area contributed by atoms with E-state index in [0.717, 1.165) is 11.1 Å². The summed E-state index contributed by atoms with van der Waals surface area (Å²) in [4.78, 5) is 28.0. The molecule has 0 aromatic heterocycles. The molecule has 0 saturated carbocycles. The van der Waals surface area contributed by atoms with Gasteiger partial charge in [0.1, 0.15) is 11.8 Å². The Hall–Kier alpha value is -3.40. The Kier molecular flexibility index (Phi) is 4.04. The number of hydrogen-bond acceptors (Lipinski definition) is 3. The Morgan fingerprint density at radius 2 is 1.59 bits per heavy atom. The molecular weight excluding hydrogens is 338 g/mol. The van der Waals surface area contributed by atoms with Gasteiger partial charge in [-0.3, -0.25) is 14.5 Å². The van der Waals surface area contributed by atoms with Crippen LogP contribution in [0.1, 0.15) is 43.4 Å². The number of aryl methyl sites for hydroxylation is 2. The van der Waals surface area contributed by atoms with Gasteiger partial charge in [0.25, 0.3) is 5.91 Å². The fourth-order valence-electron chi connectivity index (χ4n) is 3.54. The summed E-state index contributed by atoms with van der Waals surface area (Å²) in [5.41, 5.74) is 3.99. The largest absolute Gasteiger partial charge is 0.507 e. The van der Waals surface area contributed by atoms with Crippen molar-refractivity contribution in [2.75, 3.05) is 4.90 Å². The number of benzene rings is 3. The van der Waals surface area contributed by atoms with Gasteiger partial charge >= 0.3 is 0 Å². The number of phenolic OH excluding ortho intramolecular Hbond substituents is 1. The lowest BCUT2D eigenvalue weighted by Crippen LogP contribution is -2.32. The van der Waals surface area contributed by atoms with Crippen LogP contribution < -0.4 is 4.90 Å². The number of rotatable bonds is 3. The zero-order chi connectivity index (χ0) is 19.1. The summed E-state index contributed by atoms with van der Waals surface area (Å²) in [5.74, 6) is -0.577. The number of phenols is 1. The molecule has 1 aliphatic heterocycles. The highest BCUT2D eigenvalue weighted by molar-refractivity contribution is 6.19. The third-order valence-corrected chi connectivity index (χ3v) is 4.94. The standard InChI is InChI=1S/C23H19NO3/c1-14-7-10-16(11-8-14)24-21(17-5-3-4-6-18(17)23(24)27)22(26)19-12-9-15(2)13-20(19)25/h3-13,21,25H,1-2H3/t21-/m1/s1. The Labute approximate surface area is 157 Å². The predicted octanol–water partition coefficient (Wildman–Crippen LogP) is 4.59. The lowest BCUT2D eigenvalue weighted by molar-refractivity contribution is 0.0914. The second kappa shape index (κ2) is 6.40. The van der Waals surface area contributed by atoms with Gasteiger partial charge in [-0.05, 0) is 55.3 Å². The first kappa shape index (κ1) is 17.0. The second-order valence-electron chi connectivity index (χ2n) is 6.89. The number of fused-ring (bicyclic) bond motifs is 1. The monoisotopic (exact) mass is 357 g/mol. The van der Waals surface area contributed by atoms with E-state index >= 15 is 0 Å². The van der Waals surface area contributed by atoms with Crippen molar-refractivity contribution in [2.24, 2.45) is 0 Å². The molecule has 0 saturated heterocycles. The first-order chi connectivity index (χ1) is 13.0. The summed E-state index contributed by atoms with van der Waals surface area (Å²) in [6.45, 7) is 3.82. The van der Waals surface area contributed by atoms with Crippen LogP contribution in [0.3, 0.4) is 0 Å². The molecule has 0 radical (unpaired) electrons. The SMILES string of the molecule is Cc1ccc(N2C(=O)c3ccccc3[C@@H]2C(=O)c2ccc(C)cc2O)cc1. The summed E-state index contributed by atoms with van der Waals surface area (Å²) in [5, 5.41) is 10.3. The van der Waals surface area contributed by atoms with Gasteiger partial charge in [0.2, 0.25) is 0 Å². The molecule has 1 atom stereocenters. The molecule has 0 bridgehead atoms. The van der Waals surface area contributed by atoms with Crippen LogP contribution in [0.4, 0.5) is 5.69 Å². The highest BCUT2D eigenvalue weighted by Gasteiger charge is 2.42. The van der Waals surface area contributed by atoms with E-state index in [1.54, 1.807) is 36.4 Å². The van der Waals surface area contributed by atoms with Crippen LogP contribution in [0.15, 0.2) is 66.7 Å². The Balaban J connectivity index is 1.87. The minimum Gasteiger partial charge on any atom is -0.507 e. The van der Waals surface area contributed by atoms with Gasteiger partial charge in [-0.25, -0.2) is 0 Å². The first-order valence-corrected chi connectivity index (χ1v) is 8.80. The Morgan fingerprint density at radius 3 is 2.30 bits per heavy atom. The van der Waals surface area contributed by atoms with E-state index in [1.165, 1.54) is 4.90 Å². The molecular formula is C23H19NO3. The fourth-order valence-corrected chi connectivity index (χ4v) is 3.54. The molecule has 1 heterocycles. The van der Waals surface area contributed by atoms with Crippen LogP contribution in [0.2, 0.25) is 0 Å². The molecule has 1 N–H and O–H groups in total. The van der Waals surface area contributed by atoms with Crippen molar-refractivity contribution in [3.8, 4) is 5.75 Å². The van der Waals surface area contributed by atoms with Crippen LogP contribution >= 0.6 is 0 Å². The average molecular weight is 357 g/mol. The van der Waals surface area contributed by atoms with Crippen molar-refractivity contribution in [1.82, 2.24) is 0 Å². The third-order valence-electron chi connectivity index (χ3n) is 4.94. The van der Waals surface area contributed by atoms with Gasteiger partial charge in [0, 0.05) is 11.3 Å². The average Bonchev–Trinajstić information content (AvgIpc) is 2.95. The number of hydrogen-bond donors (Lipinski definition) is 1. The maximum atomic E-state index is 13.4. The van der Waals surface area contributed by atoms with E-state index in [9.17, 15) is 14.7 Å². The first-order valence-electron chi connectivity index (χ1n) is 8.80. The zero-order valence-electron chi connectivity index (χ0n) is 15.1. The van der Waals surface area contributed by atoms with Crippen molar-refractivity contribution in [3.63, 3.8) is 0 Å². The molecule has 134 valence electrons. The molecule has 0 aliphatic carbocycles. The summed E-state index contributed by atoms with van der Waals surface area (Å²) < 4.78 is 0. The summed E-state index contributed by atoms with van der Waals surface area (Å²) in [6, 6.07) is 18.8. The minimum absolute atomic E-state index is 0.0688. The maximum absolute atomic E-state index is 13.4. The zero-order valence-corrected chi connectivity index (χ0v) is 15.1. The predicted molar refractivity (Wildman–Crippen MR) is 104 cm³/mol. The number of carbonyl (C=O) groups is 2. The molecule has 27 heavy (non-hydrogen) atoms. The number of ketones is 1. The molecule has 1 amide bonds. The van der Waals surface area contributed by atoms with Crippen LogP contribution in [-0.2, 0) is 0 Å². The number of nitrogens with zero attached hydrogens (tertiary/aromatic N) is 1. The van der Waals surface area contributed by atoms with E-state index in [2.05, 4.69) is 0 Å². The van der Waals surface area contributed by atoms with Crippen molar-refractivity contribution in [1.29, 1.82) is 0 Å². The number of aromatic hydroxyl groups is 1. The molecule has 0 spiro atoms. The highest BCUT2D eigenvalue weighted by Crippen LogP contribution is 2.40. The molecule has 4 rings (SSSR count). The smallest absolute Gasteiger partial charge is 0.259 e. The number of carbonyl (C=O) groups excluding carboxylic acids is 2. The lowest BCUT2D eigenvalue weighted by atomic mass is 9.95. The number of amides is 1. The second-order valence-corrected chi connectivity index (χ2v) is 6.89. The molecule has 0 fully saturated rings. The van der Waals surface area contributed by atoms with Crippen LogP contribution in [0, 0.1) is 13.8 Å². The summed E-state index contributed by atoms with van der Waals surface area (Å²) in [6.07, 6.45) is 0. The highest BCUT2D eigenvalue weighted by atomic mass is 16.3. The van der Waals surface area contributed by atoms with Gasteiger partial charge in [-0.15, -0.1) is 0 Å². The lowest BCUT2D eigenvalue weighted by Gasteiger charge is -2.25. The normalized spacial score (nSPS) is 15.7. The topological polar surface area (TPSA) is 57.6 Å². The summed E-state index contributed by atoms with van der Waals surface area (Å²) in [7, 11) is 0. The van der Waals surface area contributed by atoms with Gasteiger partial charge in [0.05, 0.1) is 5.56 Å². The number of anilines is 1. The molecule has 1 aliphatic rings. The number of Topliss-reactive ketones (excluding diaryl/α,β-unsaturated/α-hetero) is 1. The molecule has 0 unspecified atom stereocenters. The molecule has 3 aromatic carbocycles.